The Morgan fingerprint density at radius 1 is 0.667 bits per heavy atom. The van der Waals surface area contributed by atoms with Crippen LogP contribution in [0.1, 0.15) is 0 Å². The van der Waals surface area contributed by atoms with Gasteiger partial charge in [-0.25, -0.2) is 5.26 Å². The molecule has 0 rings (SSSR count). The first-order valence-corrected chi connectivity index (χ1v) is 2.22. The Kier molecular flexibility index (Phi) is 650. The Morgan fingerprint density at radius 2 is 0.667 bits per heavy atom. The van der Waals surface area contributed by atoms with E-state index in [1.54, 1.807) is 0 Å². The standard InChI is InChI=1S/5CHNO.Fe.K.Ni/c5*2-1-3;;;/h5*3H;;;/q;;;;;;+1;/p-1. The fraction of sp³-hybridized carbons (Fsp3) is 0. The molecule has 0 radical (unpaired) electrons. The molecule has 18 heavy (non-hydrogen) atoms. The second-order valence-electron chi connectivity index (χ2n) is 0.491. The second kappa shape index (κ2) is 218. The van der Waals surface area contributed by atoms with Gasteiger partial charge in [0, 0.05) is 39.8 Å². The van der Waals surface area contributed by atoms with Crippen molar-refractivity contribution in [2.75, 3.05) is 0 Å². The maximum Gasteiger partial charge on any atom is 1.00 e. The quantitative estimate of drug-likeness (QED) is 0.236. The number of hydrogen-bond acceptors (Lipinski definition) is 10. The number of aliphatic hydroxyl groups excluding tert-OH is 4. The van der Waals surface area contributed by atoms with Gasteiger partial charge in [-0.15, -0.1) is 0 Å². The molecular weight excluding hydrogens is 364 g/mol. The van der Waals surface area contributed by atoms with Crippen LogP contribution in [0.2, 0.25) is 0 Å². The molecule has 13 heteroatoms. The van der Waals surface area contributed by atoms with E-state index in [2.05, 4.69) is 0 Å². The first kappa shape index (κ1) is 53.5. The summed E-state index contributed by atoms with van der Waals surface area (Å²) >= 11 is 0. The van der Waals surface area contributed by atoms with Crippen molar-refractivity contribution in [1.29, 1.82) is 26.3 Å². The van der Waals surface area contributed by atoms with Crippen LogP contribution in [0, 0.1) is 57.6 Å². The summed E-state index contributed by atoms with van der Waals surface area (Å²) in [5.41, 5.74) is 0. The van der Waals surface area contributed by atoms with Gasteiger partial charge in [-0.1, -0.05) is 0 Å². The molecule has 0 fully saturated rings. The summed E-state index contributed by atoms with van der Waals surface area (Å²) in [6, 6.07) is 0. The summed E-state index contributed by atoms with van der Waals surface area (Å²) in [5, 5.41) is 70.0. The molecule has 0 saturated heterocycles. The van der Waals surface area contributed by atoms with Crippen molar-refractivity contribution in [2.45, 2.75) is 0 Å². The van der Waals surface area contributed by atoms with Crippen molar-refractivity contribution in [2.24, 2.45) is 0 Å². The van der Waals surface area contributed by atoms with Crippen LogP contribution in [0.5, 0.6) is 0 Å². The van der Waals surface area contributed by atoms with E-state index < -0.39 is 0 Å². The van der Waals surface area contributed by atoms with E-state index in [-0.39, 0.29) is 84.9 Å². The van der Waals surface area contributed by atoms with Crippen LogP contribution < -0.4 is 56.5 Å². The minimum absolute atomic E-state index is 0. The topological polar surface area (TPSA) is 223 Å². The van der Waals surface area contributed by atoms with E-state index in [1.807, 2.05) is 0 Å². The number of rotatable bonds is 0. The van der Waals surface area contributed by atoms with Gasteiger partial charge >= 0.3 is 51.4 Å². The average Bonchev–Trinajstić information content (AvgIpc) is 2.09. The summed E-state index contributed by atoms with van der Waals surface area (Å²) in [4.78, 5) is 0. The zero-order chi connectivity index (χ0) is 13.5. The molecule has 0 spiro atoms. The summed E-state index contributed by atoms with van der Waals surface area (Å²) in [5.74, 6) is 0. The minimum Gasteiger partial charge on any atom is -0.812 e. The Balaban J connectivity index is -0.0000000111. The Bertz CT molecular complexity index is 217. The van der Waals surface area contributed by atoms with E-state index in [9.17, 15) is 0 Å². The Hall–Kier alpha value is -0.901. The van der Waals surface area contributed by atoms with Crippen LogP contribution >= 0.6 is 0 Å². The molecule has 98 valence electrons. The van der Waals surface area contributed by atoms with Crippen molar-refractivity contribution in [3.63, 3.8) is 0 Å². The van der Waals surface area contributed by atoms with Crippen LogP contribution in [0.3, 0.4) is 0 Å². The summed E-state index contributed by atoms with van der Waals surface area (Å²) < 4.78 is 0. The molecule has 0 aliphatic rings. The molecule has 0 aromatic rings. The van der Waals surface area contributed by atoms with E-state index in [0.717, 1.165) is 25.0 Å². The first-order valence-electron chi connectivity index (χ1n) is 2.22. The van der Waals surface area contributed by atoms with Crippen LogP contribution in [0.4, 0.5) is 0 Å². The molecule has 0 amide bonds. The number of nitriles is 5. The van der Waals surface area contributed by atoms with Crippen molar-refractivity contribution in [3.8, 4) is 31.3 Å². The summed E-state index contributed by atoms with van der Waals surface area (Å²) in [6.07, 6.45) is 3.50. The predicted octanol–water partition coefficient (Wildman–Crippen LogP) is -4.81. The minimum atomic E-state index is 0. The van der Waals surface area contributed by atoms with Crippen LogP contribution in [-0.2, 0) is 33.6 Å². The molecule has 0 aromatic heterocycles. The zero-order valence-corrected chi connectivity index (χ0v) is 13.8. The van der Waals surface area contributed by atoms with E-state index in [1.165, 1.54) is 0 Å². The zero-order valence-electron chi connectivity index (χ0n) is 8.60. The maximum absolute atomic E-state index is 8.24. The number of hydrogen-bond donors (Lipinski definition) is 4. The second-order valence-corrected chi connectivity index (χ2v) is 0.491. The Morgan fingerprint density at radius 3 is 0.667 bits per heavy atom. The molecule has 0 aliphatic heterocycles. The Labute approximate surface area is 166 Å². The fourth-order valence-corrected chi connectivity index (χ4v) is 0. The molecule has 0 saturated carbocycles. The van der Waals surface area contributed by atoms with Gasteiger partial charge in [0.05, 0.1) is 0 Å². The summed E-state index contributed by atoms with van der Waals surface area (Å²) in [6.45, 7) is 0. The van der Waals surface area contributed by atoms with Crippen molar-refractivity contribution in [1.82, 2.24) is 0 Å². The van der Waals surface area contributed by atoms with E-state index in [4.69, 9.17) is 51.8 Å². The van der Waals surface area contributed by atoms with E-state index in [0.29, 0.717) is 6.26 Å². The first-order chi connectivity index (χ1) is 7.07. The van der Waals surface area contributed by atoms with E-state index >= 15 is 0 Å². The van der Waals surface area contributed by atoms with Gasteiger partial charge in [-0.3, -0.25) is 0 Å². The normalized spacial score (nSPS) is 1.94. The summed E-state index contributed by atoms with van der Waals surface area (Å²) in [7, 11) is 0. The average molecular weight is 368 g/mol. The monoisotopic (exact) mass is 367 g/mol. The van der Waals surface area contributed by atoms with Crippen molar-refractivity contribution in [3.05, 3.63) is 0 Å². The molecule has 0 heterocycles. The molecular formula is C5H4FeKN5NiO5. The van der Waals surface area contributed by atoms with Gasteiger partial charge in [0.25, 0.3) is 25.0 Å². The SMILES string of the molecule is N#CO.N#CO.N#CO.N#CO.N#C[O-].[Fe].[K+].[Ni]. The third-order valence-electron chi connectivity index (χ3n) is 0. The van der Waals surface area contributed by atoms with Gasteiger partial charge in [0.2, 0.25) is 0 Å². The van der Waals surface area contributed by atoms with Crippen LogP contribution in [-0.4, -0.2) is 20.4 Å². The predicted molar refractivity (Wildman–Crippen MR) is 35.8 cm³/mol. The van der Waals surface area contributed by atoms with Gasteiger partial charge in [-0.05, 0) is 0 Å². The molecule has 0 bridgehead atoms. The van der Waals surface area contributed by atoms with Gasteiger partial charge < -0.3 is 25.5 Å². The fourth-order valence-electron chi connectivity index (χ4n) is 0. The van der Waals surface area contributed by atoms with Crippen molar-refractivity contribution >= 4 is 0 Å². The van der Waals surface area contributed by atoms with Crippen LogP contribution in [0.15, 0.2) is 0 Å². The van der Waals surface area contributed by atoms with Gasteiger partial charge in [0.15, 0.2) is 0 Å². The van der Waals surface area contributed by atoms with Gasteiger partial charge in [0.1, 0.15) is 0 Å². The molecule has 0 aromatic carbocycles. The molecule has 0 atom stereocenters. The third kappa shape index (κ3) is 3700. The molecule has 4 N–H and O–H groups in total. The largest absolute Gasteiger partial charge is 1.00 e. The number of nitrogens with zero attached hydrogens (tertiary/aromatic N) is 5. The van der Waals surface area contributed by atoms with Crippen molar-refractivity contribution < 1.29 is 110 Å². The maximum atomic E-state index is 8.24. The molecule has 0 aliphatic carbocycles. The molecule has 10 nitrogen and oxygen atoms in total. The number of aliphatic hydroxyl groups is 4. The third-order valence-corrected chi connectivity index (χ3v) is 0. The van der Waals surface area contributed by atoms with Gasteiger partial charge in [-0.2, -0.15) is 21.0 Å². The smallest absolute Gasteiger partial charge is 0.812 e. The molecule has 0 unspecified atom stereocenters. The van der Waals surface area contributed by atoms with Crippen LogP contribution in [0.25, 0.3) is 0 Å².